The third-order valence-corrected chi connectivity index (χ3v) is 5.29. The first-order chi connectivity index (χ1) is 15.6. The minimum Gasteiger partial charge on any atom is -0.466 e. The van der Waals surface area contributed by atoms with Crippen molar-refractivity contribution in [1.29, 1.82) is 0 Å². The molecule has 0 saturated heterocycles. The van der Waals surface area contributed by atoms with Crippen LogP contribution >= 0.6 is 0 Å². The Morgan fingerprint density at radius 1 is 1.03 bits per heavy atom. The number of nitrogens with zero attached hydrogens (tertiary/aromatic N) is 1. The zero-order valence-electron chi connectivity index (χ0n) is 18.1. The summed E-state index contributed by atoms with van der Waals surface area (Å²) in [5.41, 5.74) is 5.31. The lowest BCUT2D eigenvalue weighted by Gasteiger charge is -2.12. The number of fused-ring (bicyclic) bond motifs is 1. The topological polar surface area (TPSA) is 84.1 Å². The van der Waals surface area contributed by atoms with Gasteiger partial charge in [0.2, 0.25) is 0 Å². The van der Waals surface area contributed by atoms with Gasteiger partial charge in [-0.3, -0.25) is 9.59 Å². The summed E-state index contributed by atoms with van der Waals surface area (Å²) in [6.07, 6.45) is 2.85. The zero-order valence-corrected chi connectivity index (χ0v) is 18.1. The Hall–Kier alpha value is -3.93. The van der Waals surface area contributed by atoms with E-state index in [-0.39, 0.29) is 18.3 Å². The number of H-pyrrole nitrogens is 1. The first-order valence-electron chi connectivity index (χ1n) is 10.7. The number of para-hydroxylation sites is 1. The fraction of sp³-hybridized carbons (Fsp3) is 0.192. The number of aromatic amines is 1. The Morgan fingerprint density at radius 2 is 1.88 bits per heavy atom. The van der Waals surface area contributed by atoms with Gasteiger partial charge in [0, 0.05) is 28.4 Å². The number of carbonyl (C=O) groups is 2. The van der Waals surface area contributed by atoms with Gasteiger partial charge < -0.3 is 15.0 Å². The monoisotopic (exact) mass is 427 g/mol. The van der Waals surface area contributed by atoms with E-state index in [1.807, 2.05) is 36.5 Å². The van der Waals surface area contributed by atoms with E-state index in [9.17, 15) is 9.59 Å². The summed E-state index contributed by atoms with van der Waals surface area (Å²) < 4.78 is 5.05. The third kappa shape index (κ3) is 4.54. The molecule has 0 radical (unpaired) electrons. The predicted octanol–water partition coefficient (Wildman–Crippen LogP) is 5.15. The van der Waals surface area contributed by atoms with Gasteiger partial charge in [0.15, 0.2) is 0 Å². The van der Waals surface area contributed by atoms with E-state index in [0.29, 0.717) is 23.6 Å². The van der Waals surface area contributed by atoms with Crippen molar-refractivity contribution in [2.45, 2.75) is 26.7 Å². The second-order valence-electron chi connectivity index (χ2n) is 7.44. The van der Waals surface area contributed by atoms with Gasteiger partial charge >= 0.3 is 5.97 Å². The number of esters is 1. The van der Waals surface area contributed by atoms with E-state index in [4.69, 9.17) is 9.72 Å². The van der Waals surface area contributed by atoms with Crippen LogP contribution in [0.2, 0.25) is 0 Å². The number of benzene rings is 2. The summed E-state index contributed by atoms with van der Waals surface area (Å²) >= 11 is 0. The van der Waals surface area contributed by atoms with Gasteiger partial charge in [0.1, 0.15) is 5.69 Å². The Balaban J connectivity index is 1.68. The quantitative estimate of drug-likeness (QED) is 0.400. The van der Waals surface area contributed by atoms with Crippen LogP contribution in [0.3, 0.4) is 0 Å². The van der Waals surface area contributed by atoms with Gasteiger partial charge in [-0.1, -0.05) is 43.3 Å². The van der Waals surface area contributed by atoms with Crippen LogP contribution in [0.25, 0.3) is 22.2 Å². The van der Waals surface area contributed by atoms with Crippen molar-refractivity contribution in [3.63, 3.8) is 0 Å². The van der Waals surface area contributed by atoms with Crippen LogP contribution in [0, 0.1) is 0 Å². The Kier molecular flexibility index (Phi) is 6.31. The molecule has 4 aromatic rings. The van der Waals surface area contributed by atoms with E-state index >= 15 is 0 Å². The van der Waals surface area contributed by atoms with Gasteiger partial charge in [-0.25, -0.2) is 4.98 Å². The number of hydrogen-bond donors (Lipinski definition) is 2. The largest absolute Gasteiger partial charge is 0.466 e. The van der Waals surface area contributed by atoms with Crippen LogP contribution in [0.1, 0.15) is 35.5 Å². The first-order valence-corrected chi connectivity index (χ1v) is 10.7. The van der Waals surface area contributed by atoms with Gasteiger partial charge in [-0.2, -0.15) is 0 Å². The molecule has 4 rings (SSSR count). The van der Waals surface area contributed by atoms with Crippen LogP contribution in [-0.4, -0.2) is 28.5 Å². The molecule has 0 aliphatic heterocycles. The molecule has 2 aromatic heterocycles. The highest BCUT2D eigenvalue weighted by atomic mass is 16.5. The lowest BCUT2D eigenvalue weighted by atomic mass is 10.0. The highest BCUT2D eigenvalue weighted by Gasteiger charge is 2.17. The molecule has 6 heteroatoms. The van der Waals surface area contributed by atoms with E-state index in [1.165, 1.54) is 5.56 Å². The Labute approximate surface area is 186 Å². The number of hydrogen-bond acceptors (Lipinski definition) is 4. The minimum absolute atomic E-state index is 0.0858. The molecule has 6 nitrogen and oxygen atoms in total. The van der Waals surface area contributed by atoms with Gasteiger partial charge in [-0.05, 0) is 48.7 Å². The molecule has 2 heterocycles. The van der Waals surface area contributed by atoms with Gasteiger partial charge in [0.25, 0.3) is 5.91 Å². The van der Waals surface area contributed by atoms with Crippen molar-refractivity contribution in [3.05, 3.63) is 83.7 Å². The number of pyridine rings is 1. The molecule has 2 aromatic carbocycles. The van der Waals surface area contributed by atoms with Crippen LogP contribution in [-0.2, 0) is 22.4 Å². The number of ether oxygens (including phenoxy) is 1. The smallest absolute Gasteiger partial charge is 0.310 e. The maximum absolute atomic E-state index is 13.1. The summed E-state index contributed by atoms with van der Waals surface area (Å²) in [7, 11) is 0. The standard InChI is InChI=1S/C26H25N3O3/c1-3-17-8-7-10-19(14-17)25-20-12-13-27-22(20)16-23(28-25)26(31)29-21-11-6-5-9-18(21)15-24(30)32-4-2/h5-14,16,27H,3-4,15H2,1-2H3,(H,29,31). The average molecular weight is 428 g/mol. The van der Waals surface area contributed by atoms with Crippen molar-refractivity contribution in [2.75, 3.05) is 11.9 Å². The highest BCUT2D eigenvalue weighted by molar-refractivity contribution is 6.07. The summed E-state index contributed by atoms with van der Waals surface area (Å²) in [5, 5.41) is 3.87. The SMILES string of the molecule is CCOC(=O)Cc1ccccc1NC(=O)c1cc2[nH]ccc2c(-c2cccc(CC)c2)n1. The molecule has 0 saturated carbocycles. The van der Waals surface area contributed by atoms with Crippen molar-refractivity contribution in [1.82, 2.24) is 9.97 Å². The van der Waals surface area contributed by atoms with E-state index in [2.05, 4.69) is 29.4 Å². The normalized spacial score (nSPS) is 10.8. The summed E-state index contributed by atoms with van der Waals surface area (Å²) in [4.78, 5) is 33.0. The average Bonchev–Trinajstić information content (AvgIpc) is 3.28. The molecule has 0 atom stereocenters. The van der Waals surface area contributed by atoms with Gasteiger partial charge in [-0.15, -0.1) is 0 Å². The van der Waals surface area contributed by atoms with Crippen LogP contribution in [0.15, 0.2) is 66.9 Å². The summed E-state index contributed by atoms with van der Waals surface area (Å²) in [6, 6.07) is 19.1. The van der Waals surface area contributed by atoms with Crippen molar-refractivity contribution in [2.24, 2.45) is 0 Å². The minimum atomic E-state index is -0.342. The predicted molar refractivity (Wildman–Crippen MR) is 126 cm³/mol. The third-order valence-electron chi connectivity index (χ3n) is 5.29. The van der Waals surface area contributed by atoms with Crippen molar-refractivity contribution in [3.8, 4) is 11.3 Å². The molecule has 2 N–H and O–H groups in total. The van der Waals surface area contributed by atoms with Crippen LogP contribution < -0.4 is 5.32 Å². The number of amides is 1. The molecule has 32 heavy (non-hydrogen) atoms. The maximum atomic E-state index is 13.1. The number of anilines is 1. The van der Waals surface area contributed by atoms with E-state index in [1.54, 1.807) is 25.1 Å². The molecule has 0 spiro atoms. The molecule has 162 valence electrons. The number of nitrogens with one attached hydrogen (secondary N) is 2. The van der Waals surface area contributed by atoms with E-state index in [0.717, 1.165) is 28.6 Å². The number of aryl methyl sites for hydroxylation is 1. The molecule has 0 fully saturated rings. The lowest BCUT2D eigenvalue weighted by molar-refractivity contribution is -0.142. The first kappa shape index (κ1) is 21.3. The zero-order chi connectivity index (χ0) is 22.5. The van der Waals surface area contributed by atoms with E-state index < -0.39 is 0 Å². The molecule has 0 aliphatic carbocycles. The lowest BCUT2D eigenvalue weighted by Crippen LogP contribution is -2.16. The molecule has 0 bridgehead atoms. The van der Waals surface area contributed by atoms with Crippen LogP contribution in [0.4, 0.5) is 5.69 Å². The number of rotatable bonds is 7. The van der Waals surface area contributed by atoms with Crippen LogP contribution in [0.5, 0.6) is 0 Å². The fourth-order valence-electron chi connectivity index (χ4n) is 3.68. The molecule has 1 amide bonds. The summed E-state index contributed by atoms with van der Waals surface area (Å²) in [6.45, 7) is 4.19. The molecular weight excluding hydrogens is 402 g/mol. The van der Waals surface area contributed by atoms with Crippen molar-refractivity contribution >= 4 is 28.5 Å². The summed E-state index contributed by atoms with van der Waals surface area (Å²) in [5.74, 6) is -0.677. The molecular formula is C26H25N3O3. The molecule has 0 unspecified atom stereocenters. The second kappa shape index (κ2) is 9.47. The van der Waals surface area contributed by atoms with Crippen molar-refractivity contribution < 1.29 is 14.3 Å². The number of aromatic nitrogens is 2. The highest BCUT2D eigenvalue weighted by Crippen LogP contribution is 2.28. The fourth-order valence-corrected chi connectivity index (χ4v) is 3.68. The number of carbonyl (C=O) groups excluding carboxylic acids is 2. The Morgan fingerprint density at radius 3 is 2.69 bits per heavy atom. The maximum Gasteiger partial charge on any atom is 0.310 e. The second-order valence-corrected chi connectivity index (χ2v) is 7.44. The van der Waals surface area contributed by atoms with Gasteiger partial charge in [0.05, 0.1) is 18.7 Å². The molecule has 0 aliphatic rings. The Bertz CT molecular complexity index is 1280.